The Balaban J connectivity index is 3.11. The Labute approximate surface area is 98.5 Å². The van der Waals surface area contributed by atoms with E-state index in [0.29, 0.717) is 13.1 Å². The molecule has 1 aromatic rings. The summed E-state index contributed by atoms with van der Waals surface area (Å²) in [7, 11) is 0. The van der Waals surface area contributed by atoms with Crippen molar-refractivity contribution in [3.63, 3.8) is 0 Å². The first-order valence-electron chi connectivity index (χ1n) is 5.16. The molecule has 0 atom stereocenters. The number of hydrogen-bond donors (Lipinski definition) is 1. The van der Waals surface area contributed by atoms with Gasteiger partial charge in [0.2, 0.25) is 0 Å². The van der Waals surface area contributed by atoms with Crippen LogP contribution in [-0.2, 0) is 0 Å². The normalized spacial score (nSPS) is 10.1. The maximum Gasteiger partial charge on any atom is 0.256 e. The van der Waals surface area contributed by atoms with Crippen molar-refractivity contribution in [2.75, 3.05) is 18.8 Å². The highest BCUT2D eigenvalue weighted by Gasteiger charge is 2.18. The first-order valence-corrected chi connectivity index (χ1v) is 5.16. The summed E-state index contributed by atoms with van der Waals surface area (Å²) in [5.41, 5.74) is 5.39. The minimum atomic E-state index is -1.09. The Morgan fingerprint density at radius 3 is 2.59 bits per heavy atom. The molecule has 17 heavy (non-hydrogen) atoms. The van der Waals surface area contributed by atoms with Gasteiger partial charge in [0.15, 0.2) is 11.6 Å². The van der Waals surface area contributed by atoms with E-state index in [4.69, 9.17) is 5.73 Å². The van der Waals surface area contributed by atoms with Crippen molar-refractivity contribution in [2.24, 2.45) is 0 Å². The van der Waals surface area contributed by atoms with Crippen molar-refractivity contribution in [1.29, 1.82) is 0 Å². The topological polar surface area (TPSA) is 46.3 Å². The van der Waals surface area contributed by atoms with Gasteiger partial charge in [0.1, 0.15) is 0 Å². The molecule has 0 fully saturated rings. The number of anilines is 1. The zero-order valence-electron chi connectivity index (χ0n) is 9.54. The number of benzene rings is 1. The number of carbonyl (C=O) groups is 1. The summed E-state index contributed by atoms with van der Waals surface area (Å²) in [5.74, 6) is -2.59. The maximum absolute atomic E-state index is 13.1. The van der Waals surface area contributed by atoms with Gasteiger partial charge in [-0.3, -0.25) is 4.79 Å². The second-order valence-corrected chi connectivity index (χ2v) is 3.49. The molecule has 1 amide bonds. The number of nitrogens with two attached hydrogens (primary N) is 1. The average molecular weight is 240 g/mol. The summed E-state index contributed by atoms with van der Waals surface area (Å²) in [6.07, 6.45) is 1.55. The number of nitrogens with zero attached hydrogens (tertiary/aromatic N) is 1. The van der Waals surface area contributed by atoms with Crippen LogP contribution in [0, 0.1) is 11.6 Å². The molecule has 0 bridgehead atoms. The summed E-state index contributed by atoms with van der Waals surface area (Å²) in [6.45, 7) is 6.06. The molecule has 0 saturated carbocycles. The van der Waals surface area contributed by atoms with E-state index in [9.17, 15) is 13.6 Å². The van der Waals surface area contributed by atoms with E-state index in [1.807, 2.05) is 0 Å². The van der Waals surface area contributed by atoms with Crippen molar-refractivity contribution in [2.45, 2.75) is 6.92 Å². The van der Waals surface area contributed by atoms with E-state index in [2.05, 4.69) is 6.58 Å². The third-order valence-corrected chi connectivity index (χ3v) is 2.34. The van der Waals surface area contributed by atoms with Crippen LogP contribution in [0.1, 0.15) is 17.3 Å². The SMILES string of the molecule is C=CCN(CC)C(=O)c1cc(F)c(F)cc1N. The number of amides is 1. The lowest BCUT2D eigenvalue weighted by Crippen LogP contribution is -2.31. The van der Waals surface area contributed by atoms with Gasteiger partial charge in [-0.2, -0.15) is 0 Å². The first kappa shape index (κ1) is 13.2. The Kier molecular flexibility index (Phi) is 4.20. The summed E-state index contributed by atoms with van der Waals surface area (Å²) in [6, 6.07) is 1.63. The van der Waals surface area contributed by atoms with Gasteiger partial charge in [0.05, 0.1) is 5.56 Å². The minimum Gasteiger partial charge on any atom is -0.398 e. The number of nitrogen functional groups attached to an aromatic ring is 1. The molecule has 0 spiro atoms. The third-order valence-electron chi connectivity index (χ3n) is 2.34. The van der Waals surface area contributed by atoms with Crippen LogP contribution in [0.15, 0.2) is 24.8 Å². The van der Waals surface area contributed by atoms with Crippen LogP contribution in [0.3, 0.4) is 0 Å². The lowest BCUT2D eigenvalue weighted by molar-refractivity contribution is 0.0782. The summed E-state index contributed by atoms with van der Waals surface area (Å²) in [4.78, 5) is 13.4. The van der Waals surface area contributed by atoms with Crippen LogP contribution in [0.5, 0.6) is 0 Å². The molecule has 0 aliphatic carbocycles. The van der Waals surface area contributed by atoms with Crippen molar-refractivity contribution in [3.8, 4) is 0 Å². The monoisotopic (exact) mass is 240 g/mol. The van der Waals surface area contributed by atoms with Crippen molar-refractivity contribution >= 4 is 11.6 Å². The molecular formula is C12H14F2N2O. The molecule has 0 unspecified atom stereocenters. The van der Waals surface area contributed by atoms with Gasteiger partial charge in [0, 0.05) is 24.8 Å². The molecule has 1 aromatic carbocycles. The molecule has 92 valence electrons. The summed E-state index contributed by atoms with van der Waals surface area (Å²) < 4.78 is 25.9. The average Bonchev–Trinajstić information content (AvgIpc) is 2.30. The summed E-state index contributed by atoms with van der Waals surface area (Å²) >= 11 is 0. The number of rotatable bonds is 4. The fourth-order valence-corrected chi connectivity index (χ4v) is 1.43. The molecule has 0 aromatic heterocycles. The highest BCUT2D eigenvalue weighted by Crippen LogP contribution is 2.18. The van der Waals surface area contributed by atoms with E-state index in [1.54, 1.807) is 13.0 Å². The van der Waals surface area contributed by atoms with E-state index in [0.717, 1.165) is 12.1 Å². The van der Waals surface area contributed by atoms with Crippen LogP contribution in [0.4, 0.5) is 14.5 Å². The van der Waals surface area contributed by atoms with Gasteiger partial charge in [0.25, 0.3) is 5.91 Å². The van der Waals surface area contributed by atoms with Gasteiger partial charge in [-0.15, -0.1) is 6.58 Å². The maximum atomic E-state index is 13.1. The highest BCUT2D eigenvalue weighted by molar-refractivity contribution is 5.99. The van der Waals surface area contributed by atoms with Crippen molar-refractivity contribution < 1.29 is 13.6 Å². The molecular weight excluding hydrogens is 226 g/mol. The first-order chi connectivity index (χ1) is 8.01. The predicted molar refractivity (Wildman–Crippen MR) is 62.5 cm³/mol. The van der Waals surface area contributed by atoms with Gasteiger partial charge in [-0.1, -0.05) is 6.08 Å². The zero-order valence-corrected chi connectivity index (χ0v) is 9.54. The van der Waals surface area contributed by atoms with Crippen molar-refractivity contribution in [1.82, 2.24) is 4.90 Å². The number of likely N-dealkylation sites (N-methyl/N-ethyl adjacent to an activating group) is 1. The van der Waals surface area contributed by atoms with E-state index in [-0.39, 0.29) is 11.3 Å². The Morgan fingerprint density at radius 1 is 1.47 bits per heavy atom. The molecule has 0 saturated heterocycles. The van der Waals surface area contributed by atoms with Gasteiger partial charge in [-0.25, -0.2) is 8.78 Å². The lowest BCUT2D eigenvalue weighted by atomic mass is 10.1. The minimum absolute atomic E-state index is 0.0346. The quantitative estimate of drug-likeness (QED) is 0.647. The Hall–Kier alpha value is -1.91. The van der Waals surface area contributed by atoms with E-state index in [1.165, 1.54) is 4.90 Å². The molecule has 0 aliphatic rings. The van der Waals surface area contributed by atoms with Crippen LogP contribution in [0.25, 0.3) is 0 Å². The zero-order chi connectivity index (χ0) is 13.0. The molecule has 5 heteroatoms. The van der Waals surface area contributed by atoms with Crippen LogP contribution in [-0.4, -0.2) is 23.9 Å². The molecule has 1 rings (SSSR count). The second-order valence-electron chi connectivity index (χ2n) is 3.49. The third kappa shape index (κ3) is 2.81. The van der Waals surface area contributed by atoms with Crippen molar-refractivity contribution in [3.05, 3.63) is 42.0 Å². The molecule has 0 radical (unpaired) electrons. The molecule has 2 N–H and O–H groups in total. The fourth-order valence-electron chi connectivity index (χ4n) is 1.43. The Bertz CT molecular complexity index is 446. The number of carbonyl (C=O) groups excluding carboxylic acids is 1. The largest absolute Gasteiger partial charge is 0.398 e. The van der Waals surface area contributed by atoms with E-state index >= 15 is 0 Å². The number of hydrogen-bond acceptors (Lipinski definition) is 2. The smallest absolute Gasteiger partial charge is 0.256 e. The lowest BCUT2D eigenvalue weighted by Gasteiger charge is -2.19. The van der Waals surface area contributed by atoms with Gasteiger partial charge in [-0.05, 0) is 13.0 Å². The standard InChI is InChI=1S/C12H14F2N2O/c1-3-5-16(4-2)12(17)8-6-9(13)10(14)7-11(8)15/h3,6-7H,1,4-5,15H2,2H3. The van der Waals surface area contributed by atoms with Gasteiger partial charge < -0.3 is 10.6 Å². The highest BCUT2D eigenvalue weighted by atomic mass is 19.2. The molecule has 0 heterocycles. The second kappa shape index (κ2) is 5.43. The van der Waals surface area contributed by atoms with Crippen LogP contribution >= 0.6 is 0 Å². The fraction of sp³-hybridized carbons (Fsp3) is 0.250. The molecule has 0 aliphatic heterocycles. The van der Waals surface area contributed by atoms with Gasteiger partial charge >= 0.3 is 0 Å². The molecule has 3 nitrogen and oxygen atoms in total. The van der Waals surface area contributed by atoms with Crippen LogP contribution in [0.2, 0.25) is 0 Å². The Morgan fingerprint density at radius 2 is 2.06 bits per heavy atom. The summed E-state index contributed by atoms with van der Waals surface area (Å²) in [5, 5.41) is 0. The van der Waals surface area contributed by atoms with Crippen LogP contribution < -0.4 is 5.73 Å². The number of halogens is 2. The predicted octanol–water partition coefficient (Wildman–Crippen LogP) is 2.20. The van der Waals surface area contributed by atoms with E-state index < -0.39 is 17.5 Å².